The summed E-state index contributed by atoms with van der Waals surface area (Å²) < 4.78 is 38.7. The molecule has 1 saturated heterocycles. The Kier molecular flexibility index (Phi) is 4.81. The van der Waals surface area contributed by atoms with E-state index in [1.54, 1.807) is 6.07 Å². The predicted octanol–water partition coefficient (Wildman–Crippen LogP) is 3.80. The van der Waals surface area contributed by atoms with E-state index in [2.05, 4.69) is 24.4 Å². The Labute approximate surface area is 144 Å². The lowest BCUT2D eigenvalue weighted by Gasteiger charge is -2.30. The molecule has 6 heteroatoms. The zero-order valence-corrected chi connectivity index (χ0v) is 13.8. The number of nitrogens with zero attached hydrogens (tertiary/aromatic N) is 1. The van der Waals surface area contributed by atoms with Gasteiger partial charge >= 0.3 is 6.18 Å². The quantitative estimate of drug-likeness (QED) is 0.785. The van der Waals surface area contributed by atoms with Gasteiger partial charge in [0, 0.05) is 19.6 Å². The summed E-state index contributed by atoms with van der Waals surface area (Å²) in [4.78, 5) is 13.6. The van der Waals surface area contributed by atoms with Gasteiger partial charge in [0.1, 0.15) is 0 Å². The molecule has 1 atom stereocenters. The molecule has 0 bridgehead atoms. The Bertz CT molecular complexity index is 759. The number of benzene rings is 2. The number of alkyl halides is 3. The fourth-order valence-electron chi connectivity index (χ4n) is 3.23. The number of piperazine rings is 1. The molecule has 1 N–H and O–H groups in total. The van der Waals surface area contributed by atoms with Gasteiger partial charge in [0.2, 0.25) is 0 Å². The molecule has 132 valence electrons. The molecule has 2 aromatic rings. The minimum atomic E-state index is -4.48. The highest BCUT2D eigenvalue weighted by Gasteiger charge is 2.44. The number of fused-ring (bicyclic) bond motifs is 3. The maximum Gasteiger partial charge on any atom is 0.417 e. The molecular formula is C19H19F3N2O. The van der Waals surface area contributed by atoms with Crippen molar-refractivity contribution in [1.29, 1.82) is 0 Å². The average Bonchev–Trinajstić information content (AvgIpc) is 2.89. The number of aryl methyl sites for hydroxylation is 1. The summed E-state index contributed by atoms with van der Waals surface area (Å²) in [7, 11) is 0. The Hall–Kier alpha value is -2.34. The summed E-state index contributed by atoms with van der Waals surface area (Å²) in [5.41, 5.74) is 0.822. The largest absolute Gasteiger partial charge is 0.417 e. The summed E-state index contributed by atoms with van der Waals surface area (Å²) in [6.45, 7) is 3.67. The van der Waals surface area contributed by atoms with Gasteiger partial charge < -0.3 is 10.2 Å². The van der Waals surface area contributed by atoms with Crippen LogP contribution in [0, 0.1) is 6.92 Å². The van der Waals surface area contributed by atoms with Gasteiger partial charge in [-0.3, -0.25) is 4.79 Å². The van der Waals surface area contributed by atoms with Crippen LogP contribution in [-0.2, 0) is 6.18 Å². The van der Waals surface area contributed by atoms with Gasteiger partial charge in [0.25, 0.3) is 5.91 Å². The van der Waals surface area contributed by atoms with Gasteiger partial charge in [-0.15, -0.1) is 0 Å². The molecule has 4 rings (SSSR count). The molecule has 0 spiro atoms. The number of halogens is 3. The predicted molar refractivity (Wildman–Crippen MR) is 89.3 cm³/mol. The molecule has 2 aliphatic rings. The maximum absolute atomic E-state index is 12.9. The summed E-state index contributed by atoms with van der Waals surface area (Å²) in [6, 6.07) is 14.0. The third kappa shape index (κ3) is 3.54. The minimum Gasteiger partial charge on any atom is -0.329 e. The first-order valence-electron chi connectivity index (χ1n) is 8.13. The topological polar surface area (TPSA) is 32.3 Å². The number of nitrogens with one attached hydrogen (secondary N) is 1. The first-order valence-corrected chi connectivity index (χ1v) is 8.13. The fourth-order valence-corrected chi connectivity index (χ4v) is 3.23. The van der Waals surface area contributed by atoms with E-state index in [-0.39, 0.29) is 11.6 Å². The van der Waals surface area contributed by atoms with Gasteiger partial charge in [0.05, 0.1) is 17.2 Å². The van der Waals surface area contributed by atoms with Crippen LogP contribution < -0.4 is 5.32 Å². The molecule has 2 aliphatic heterocycles. The SMILES string of the molecule is Cc1ccccc1.O=C1c2c(cccc2C(F)(F)F)[C@@H]2CNCCN12. The highest BCUT2D eigenvalue weighted by atomic mass is 19.4. The Morgan fingerprint density at radius 1 is 1.08 bits per heavy atom. The standard InChI is InChI=1S/C12H11F3N2O.C7H8/c13-12(14,15)8-3-1-2-7-9-6-16-4-5-17(9)11(18)10(7)8;1-7-5-3-2-4-6-7/h1-3,9,16H,4-6H2;2-6H,1H3/t9-;/m0./s1. The van der Waals surface area contributed by atoms with Crippen molar-refractivity contribution in [3.8, 4) is 0 Å². The van der Waals surface area contributed by atoms with Gasteiger partial charge in [-0.25, -0.2) is 0 Å². The van der Waals surface area contributed by atoms with Crippen molar-refractivity contribution in [1.82, 2.24) is 10.2 Å². The number of rotatable bonds is 0. The zero-order chi connectivity index (χ0) is 18.0. The van der Waals surface area contributed by atoms with Gasteiger partial charge in [-0.2, -0.15) is 13.2 Å². The summed E-state index contributed by atoms with van der Waals surface area (Å²) in [6.07, 6.45) is -4.48. The third-order valence-corrected chi connectivity index (χ3v) is 4.42. The van der Waals surface area contributed by atoms with Gasteiger partial charge in [-0.1, -0.05) is 48.0 Å². The van der Waals surface area contributed by atoms with Crippen LogP contribution in [0.5, 0.6) is 0 Å². The highest BCUT2D eigenvalue weighted by molar-refractivity contribution is 6.01. The van der Waals surface area contributed by atoms with E-state index in [1.807, 2.05) is 18.2 Å². The van der Waals surface area contributed by atoms with E-state index < -0.39 is 17.6 Å². The molecule has 2 heterocycles. The Morgan fingerprint density at radius 3 is 2.40 bits per heavy atom. The van der Waals surface area contributed by atoms with Crippen LogP contribution in [0.15, 0.2) is 48.5 Å². The van der Waals surface area contributed by atoms with Crippen molar-refractivity contribution >= 4 is 5.91 Å². The van der Waals surface area contributed by atoms with Crippen LogP contribution in [-0.4, -0.2) is 30.4 Å². The van der Waals surface area contributed by atoms with E-state index in [0.29, 0.717) is 25.2 Å². The Balaban J connectivity index is 0.000000219. The molecule has 0 aliphatic carbocycles. The second-order valence-electron chi connectivity index (χ2n) is 6.14. The lowest BCUT2D eigenvalue weighted by atomic mass is 9.99. The van der Waals surface area contributed by atoms with Crippen molar-refractivity contribution in [2.24, 2.45) is 0 Å². The number of hydrogen-bond acceptors (Lipinski definition) is 2. The van der Waals surface area contributed by atoms with E-state index in [9.17, 15) is 18.0 Å². The second kappa shape index (κ2) is 6.88. The number of carbonyl (C=O) groups is 1. The fraction of sp³-hybridized carbons (Fsp3) is 0.316. The Morgan fingerprint density at radius 2 is 1.80 bits per heavy atom. The van der Waals surface area contributed by atoms with Crippen molar-refractivity contribution < 1.29 is 18.0 Å². The van der Waals surface area contributed by atoms with Crippen molar-refractivity contribution in [2.75, 3.05) is 19.6 Å². The van der Waals surface area contributed by atoms with E-state index >= 15 is 0 Å². The van der Waals surface area contributed by atoms with Crippen LogP contribution in [0.25, 0.3) is 0 Å². The monoisotopic (exact) mass is 348 g/mol. The van der Waals surface area contributed by atoms with Crippen LogP contribution in [0.1, 0.15) is 33.1 Å². The molecule has 0 aromatic heterocycles. The van der Waals surface area contributed by atoms with Crippen LogP contribution >= 0.6 is 0 Å². The van der Waals surface area contributed by atoms with E-state index in [0.717, 1.165) is 6.07 Å². The minimum absolute atomic E-state index is 0.168. The zero-order valence-electron chi connectivity index (χ0n) is 13.8. The normalized spacial score (nSPS) is 19.0. The number of hydrogen-bond donors (Lipinski definition) is 1. The molecule has 2 aromatic carbocycles. The first-order chi connectivity index (χ1) is 11.9. The smallest absolute Gasteiger partial charge is 0.329 e. The van der Waals surface area contributed by atoms with Gasteiger partial charge in [0.15, 0.2) is 0 Å². The van der Waals surface area contributed by atoms with Crippen molar-refractivity contribution in [3.05, 3.63) is 70.8 Å². The lowest BCUT2D eigenvalue weighted by Crippen LogP contribution is -2.44. The first kappa shape index (κ1) is 17.5. The molecule has 25 heavy (non-hydrogen) atoms. The molecule has 0 saturated carbocycles. The van der Waals surface area contributed by atoms with Crippen LogP contribution in [0.4, 0.5) is 13.2 Å². The molecule has 1 amide bonds. The summed E-state index contributed by atoms with van der Waals surface area (Å²) in [5, 5.41) is 3.10. The van der Waals surface area contributed by atoms with Crippen LogP contribution in [0.3, 0.4) is 0 Å². The summed E-state index contributed by atoms with van der Waals surface area (Å²) >= 11 is 0. The highest BCUT2D eigenvalue weighted by Crippen LogP contribution is 2.41. The summed E-state index contributed by atoms with van der Waals surface area (Å²) in [5.74, 6) is -0.496. The number of carbonyl (C=O) groups excluding carboxylic acids is 1. The average molecular weight is 348 g/mol. The van der Waals surface area contributed by atoms with Gasteiger partial charge in [-0.05, 0) is 18.6 Å². The van der Waals surface area contributed by atoms with E-state index in [4.69, 9.17) is 0 Å². The molecule has 0 unspecified atom stereocenters. The lowest BCUT2D eigenvalue weighted by molar-refractivity contribution is -0.137. The molecule has 3 nitrogen and oxygen atoms in total. The molecular weight excluding hydrogens is 329 g/mol. The number of amides is 1. The molecule has 1 fully saturated rings. The van der Waals surface area contributed by atoms with Crippen molar-refractivity contribution in [2.45, 2.75) is 19.1 Å². The van der Waals surface area contributed by atoms with Crippen LogP contribution in [0.2, 0.25) is 0 Å². The van der Waals surface area contributed by atoms with Crippen molar-refractivity contribution in [3.63, 3.8) is 0 Å². The molecule has 0 radical (unpaired) electrons. The maximum atomic E-state index is 12.9. The second-order valence-corrected chi connectivity index (χ2v) is 6.14. The third-order valence-electron chi connectivity index (χ3n) is 4.42. The van der Waals surface area contributed by atoms with E-state index in [1.165, 1.54) is 16.5 Å².